The number of likely N-dealkylation sites (tertiary alicyclic amines) is 1. The number of rotatable bonds is 7. The van der Waals surface area contributed by atoms with E-state index in [1.54, 1.807) is 25.3 Å². The van der Waals surface area contributed by atoms with E-state index in [2.05, 4.69) is 16.3 Å². The van der Waals surface area contributed by atoms with Crippen molar-refractivity contribution in [1.82, 2.24) is 10.2 Å². The Morgan fingerprint density at radius 3 is 2.67 bits per heavy atom. The average molecular weight is 407 g/mol. The van der Waals surface area contributed by atoms with Crippen LogP contribution in [-0.2, 0) is 11.2 Å². The quantitative estimate of drug-likeness (QED) is 0.735. The van der Waals surface area contributed by atoms with Gasteiger partial charge < -0.3 is 10.1 Å². The summed E-state index contributed by atoms with van der Waals surface area (Å²) in [5.74, 6) is 0.780. The van der Waals surface area contributed by atoms with Crippen molar-refractivity contribution < 1.29 is 9.53 Å². The molecule has 3 rings (SSSR count). The molecule has 1 aliphatic heterocycles. The van der Waals surface area contributed by atoms with Crippen molar-refractivity contribution in [1.29, 1.82) is 0 Å². The molecular formula is C21H24Cl2N2O2. The van der Waals surface area contributed by atoms with Gasteiger partial charge in [0.2, 0.25) is 5.91 Å². The van der Waals surface area contributed by atoms with E-state index < -0.39 is 0 Å². The number of ether oxygens (including phenoxy) is 1. The summed E-state index contributed by atoms with van der Waals surface area (Å²) < 4.78 is 5.36. The van der Waals surface area contributed by atoms with Crippen molar-refractivity contribution in [2.45, 2.75) is 25.3 Å². The predicted molar refractivity (Wildman–Crippen MR) is 110 cm³/mol. The van der Waals surface area contributed by atoms with Crippen molar-refractivity contribution in [2.75, 3.05) is 26.7 Å². The molecule has 0 radical (unpaired) electrons. The highest BCUT2D eigenvalue weighted by atomic mass is 35.5. The van der Waals surface area contributed by atoms with Crippen LogP contribution >= 0.6 is 23.2 Å². The van der Waals surface area contributed by atoms with Crippen LogP contribution in [0.2, 0.25) is 10.0 Å². The molecule has 0 saturated carbocycles. The van der Waals surface area contributed by atoms with Gasteiger partial charge in [0.15, 0.2) is 0 Å². The molecule has 27 heavy (non-hydrogen) atoms. The van der Waals surface area contributed by atoms with Gasteiger partial charge in [-0.25, -0.2) is 0 Å². The third kappa shape index (κ3) is 5.38. The molecule has 2 aromatic carbocycles. The molecule has 1 heterocycles. The normalized spacial score (nSPS) is 15.5. The van der Waals surface area contributed by atoms with Gasteiger partial charge in [-0.15, -0.1) is 0 Å². The third-order valence-corrected chi connectivity index (χ3v) is 5.51. The van der Waals surface area contributed by atoms with E-state index in [1.165, 1.54) is 12.8 Å². The number of carbonyl (C=O) groups excluding carboxylic acids is 1. The van der Waals surface area contributed by atoms with E-state index in [0.717, 1.165) is 30.0 Å². The molecule has 1 unspecified atom stereocenters. The number of nitrogens with zero attached hydrogens (tertiary/aromatic N) is 1. The monoisotopic (exact) mass is 406 g/mol. The zero-order valence-electron chi connectivity index (χ0n) is 15.4. The van der Waals surface area contributed by atoms with E-state index in [9.17, 15) is 4.79 Å². The predicted octanol–water partition coefficient (Wildman–Crippen LogP) is 4.50. The minimum absolute atomic E-state index is 0.0497. The first kappa shape index (κ1) is 20.0. The molecule has 6 heteroatoms. The van der Waals surface area contributed by atoms with E-state index in [0.29, 0.717) is 16.6 Å². The summed E-state index contributed by atoms with van der Waals surface area (Å²) in [7, 11) is 1.67. The lowest BCUT2D eigenvalue weighted by Gasteiger charge is -2.28. The lowest BCUT2D eigenvalue weighted by molar-refractivity contribution is -0.120. The SMILES string of the molecule is COc1cccc(C(CNC(=O)Cc2ccc(Cl)cc2Cl)N2CCCC2)c1. The second-order valence-corrected chi connectivity index (χ2v) is 7.60. The maximum Gasteiger partial charge on any atom is 0.224 e. The molecule has 144 valence electrons. The molecule has 1 saturated heterocycles. The molecular weight excluding hydrogens is 383 g/mol. The zero-order chi connectivity index (χ0) is 19.2. The molecule has 0 spiro atoms. The van der Waals surface area contributed by atoms with E-state index in [-0.39, 0.29) is 18.4 Å². The number of amides is 1. The first-order valence-electron chi connectivity index (χ1n) is 9.15. The average Bonchev–Trinajstić information content (AvgIpc) is 3.19. The second-order valence-electron chi connectivity index (χ2n) is 6.75. The van der Waals surface area contributed by atoms with Crippen molar-refractivity contribution in [3.8, 4) is 5.75 Å². The van der Waals surface area contributed by atoms with Crippen LogP contribution in [0.1, 0.15) is 30.0 Å². The Morgan fingerprint density at radius 2 is 1.96 bits per heavy atom. The Bertz CT molecular complexity index is 792. The van der Waals surface area contributed by atoms with Crippen LogP contribution in [0.25, 0.3) is 0 Å². The standard InChI is InChI=1S/C21H24Cl2N2O2/c1-27-18-6-4-5-16(11-18)20(25-9-2-3-10-25)14-24-21(26)12-15-7-8-17(22)13-19(15)23/h4-8,11,13,20H,2-3,9-10,12,14H2,1H3,(H,24,26). The summed E-state index contributed by atoms with van der Waals surface area (Å²) in [5, 5.41) is 4.15. The Kier molecular flexibility index (Phi) is 7.00. The fraction of sp³-hybridized carbons (Fsp3) is 0.381. The Balaban J connectivity index is 1.67. The van der Waals surface area contributed by atoms with E-state index in [4.69, 9.17) is 27.9 Å². The molecule has 0 aliphatic carbocycles. The van der Waals surface area contributed by atoms with Crippen molar-refractivity contribution in [3.63, 3.8) is 0 Å². The van der Waals surface area contributed by atoms with E-state index >= 15 is 0 Å². The number of benzene rings is 2. The largest absolute Gasteiger partial charge is 0.497 e. The molecule has 1 aliphatic rings. The second kappa shape index (κ2) is 9.45. The number of halogens is 2. The topological polar surface area (TPSA) is 41.6 Å². The lowest BCUT2D eigenvalue weighted by atomic mass is 10.0. The maximum atomic E-state index is 12.5. The highest BCUT2D eigenvalue weighted by Crippen LogP contribution is 2.27. The summed E-state index contributed by atoms with van der Waals surface area (Å²) in [5.41, 5.74) is 1.93. The molecule has 0 bridgehead atoms. The summed E-state index contributed by atoms with van der Waals surface area (Å²) in [6.07, 6.45) is 2.62. The smallest absolute Gasteiger partial charge is 0.224 e. The molecule has 1 atom stereocenters. The first-order valence-corrected chi connectivity index (χ1v) is 9.91. The maximum absolute atomic E-state index is 12.5. The number of nitrogens with one attached hydrogen (secondary N) is 1. The summed E-state index contributed by atoms with van der Waals surface area (Å²) in [6.45, 7) is 2.64. The molecule has 1 N–H and O–H groups in total. The highest BCUT2D eigenvalue weighted by molar-refractivity contribution is 6.35. The number of methoxy groups -OCH3 is 1. The van der Waals surface area contributed by atoms with Gasteiger partial charge >= 0.3 is 0 Å². The van der Waals surface area contributed by atoms with Crippen LogP contribution in [-0.4, -0.2) is 37.6 Å². The molecule has 1 fully saturated rings. The van der Waals surface area contributed by atoms with Gasteiger partial charge in [0.1, 0.15) is 5.75 Å². The number of carbonyl (C=O) groups is 1. The van der Waals surface area contributed by atoms with Crippen LogP contribution in [0.5, 0.6) is 5.75 Å². The number of hydrogen-bond donors (Lipinski definition) is 1. The highest BCUT2D eigenvalue weighted by Gasteiger charge is 2.24. The van der Waals surface area contributed by atoms with Gasteiger partial charge in [-0.05, 0) is 61.3 Å². The summed E-state index contributed by atoms with van der Waals surface area (Å²) in [6, 6.07) is 13.4. The molecule has 0 aromatic heterocycles. The fourth-order valence-electron chi connectivity index (χ4n) is 3.47. The van der Waals surface area contributed by atoms with E-state index in [1.807, 2.05) is 18.2 Å². The van der Waals surface area contributed by atoms with Crippen LogP contribution in [0.3, 0.4) is 0 Å². The zero-order valence-corrected chi connectivity index (χ0v) is 16.9. The first-order chi connectivity index (χ1) is 13.1. The van der Waals surface area contributed by atoms with Crippen LogP contribution in [0.4, 0.5) is 0 Å². The Labute approximate surface area is 170 Å². The van der Waals surface area contributed by atoms with Gasteiger partial charge in [-0.3, -0.25) is 9.69 Å². The van der Waals surface area contributed by atoms with Crippen LogP contribution in [0, 0.1) is 0 Å². The third-order valence-electron chi connectivity index (χ3n) is 4.92. The van der Waals surface area contributed by atoms with Crippen LogP contribution in [0.15, 0.2) is 42.5 Å². The summed E-state index contributed by atoms with van der Waals surface area (Å²) >= 11 is 12.1. The van der Waals surface area contributed by atoms with Gasteiger partial charge in [0.25, 0.3) is 0 Å². The van der Waals surface area contributed by atoms with Crippen LogP contribution < -0.4 is 10.1 Å². The van der Waals surface area contributed by atoms with Gasteiger partial charge in [0.05, 0.1) is 19.6 Å². The Hall–Kier alpha value is -1.75. The number of hydrogen-bond acceptors (Lipinski definition) is 3. The van der Waals surface area contributed by atoms with Gasteiger partial charge in [0, 0.05) is 16.6 Å². The van der Waals surface area contributed by atoms with Gasteiger partial charge in [-0.2, -0.15) is 0 Å². The van der Waals surface area contributed by atoms with Crippen molar-refractivity contribution >= 4 is 29.1 Å². The lowest BCUT2D eigenvalue weighted by Crippen LogP contribution is -2.37. The van der Waals surface area contributed by atoms with Gasteiger partial charge in [-0.1, -0.05) is 41.4 Å². The van der Waals surface area contributed by atoms with Crippen molar-refractivity contribution in [3.05, 3.63) is 63.6 Å². The minimum atomic E-state index is -0.0497. The minimum Gasteiger partial charge on any atom is -0.497 e. The Morgan fingerprint density at radius 1 is 1.19 bits per heavy atom. The molecule has 4 nitrogen and oxygen atoms in total. The molecule has 2 aromatic rings. The fourth-order valence-corrected chi connectivity index (χ4v) is 3.95. The summed E-state index contributed by atoms with van der Waals surface area (Å²) in [4.78, 5) is 14.9. The molecule has 1 amide bonds. The van der Waals surface area contributed by atoms with Crippen molar-refractivity contribution in [2.24, 2.45) is 0 Å².